The van der Waals surface area contributed by atoms with E-state index in [-0.39, 0.29) is 22.0 Å². The molecule has 4 nitrogen and oxygen atoms in total. The van der Waals surface area contributed by atoms with Crippen molar-refractivity contribution in [2.45, 2.75) is 6.92 Å². The molecule has 0 aliphatic heterocycles. The van der Waals surface area contributed by atoms with E-state index in [0.29, 0.717) is 0 Å². The Morgan fingerprint density at radius 3 is 2.62 bits per heavy atom. The maximum Gasteiger partial charge on any atom is 0.225 e. The summed E-state index contributed by atoms with van der Waals surface area (Å²) >= 11 is 4.87. The fourth-order valence-corrected chi connectivity index (χ4v) is 1.59. The number of anilines is 1. The van der Waals surface area contributed by atoms with E-state index in [2.05, 4.69) is 10.2 Å². The SMILES string of the molecule is Cc1cc(F)c(-n2c(N)n[nH]c2=S)cc1F. The minimum Gasteiger partial charge on any atom is -0.368 e. The molecule has 3 N–H and O–H groups in total. The molecule has 0 spiro atoms. The summed E-state index contributed by atoms with van der Waals surface area (Å²) in [6.45, 7) is 1.47. The molecule has 84 valence electrons. The normalized spacial score (nSPS) is 10.7. The highest BCUT2D eigenvalue weighted by Crippen LogP contribution is 2.20. The first-order valence-electron chi connectivity index (χ1n) is 4.39. The number of nitrogens with two attached hydrogens (primary N) is 1. The maximum absolute atomic E-state index is 13.6. The molecule has 0 unspecified atom stereocenters. The summed E-state index contributed by atoms with van der Waals surface area (Å²) in [6, 6.07) is 2.12. The number of aromatic amines is 1. The number of nitrogens with one attached hydrogen (secondary N) is 1. The van der Waals surface area contributed by atoms with Crippen LogP contribution in [0, 0.1) is 23.3 Å². The van der Waals surface area contributed by atoms with Gasteiger partial charge in [0, 0.05) is 6.07 Å². The number of hydrogen-bond donors (Lipinski definition) is 2. The summed E-state index contributed by atoms with van der Waals surface area (Å²) in [4.78, 5) is 0. The van der Waals surface area contributed by atoms with Gasteiger partial charge in [-0.05, 0) is 30.8 Å². The Labute approximate surface area is 94.7 Å². The van der Waals surface area contributed by atoms with Crippen molar-refractivity contribution < 1.29 is 8.78 Å². The largest absolute Gasteiger partial charge is 0.368 e. The number of aryl methyl sites for hydroxylation is 1. The van der Waals surface area contributed by atoms with Crippen LogP contribution >= 0.6 is 12.2 Å². The first-order valence-corrected chi connectivity index (χ1v) is 4.80. The van der Waals surface area contributed by atoms with Crippen LogP contribution in [0.4, 0.5) is 14.7 Å². The van der Waals surface area contributed by atoms with Gasteiger partial charge >= 0.3 is 0 Å². The lowest BCUT2D eigenvalue weighted by Gasteiger charge is -2.06. The minimum atomic E-state index is -0.608. The summed E-state index contributed by atoms with van der Waals surface area (Å²) in [7, 11) is 0. The Morgan fingerprint density at radius 2 is 2.06 bits per heavy atom. The number of H-pyrrole nitrogens is 1. The van der Waals surface area contributed by atoms with Crippen LogP contribution in [0.1, 0.15) is 5.56 Å². The van der Waals surface area contributed by atoms with Gasteiger partial charge in [-0.15, -0.1) is 5.10 Å². The number of hydrogen-bond acceptors (Lipinski definition) is 3. The molecule has 0 fully saturated rings. The third-order valence-corrected chi connectivity index (χ3v) is 2.44. The predicted octanol–water partition coefficient (Wildman–Crippen LogP) is 2.10. The van der Waals surface area contributed by atoms with Crippen molar-refractivity contribution in [2.75, 3.05) is 5.73 Å². The Kier molecular flexibility index (Phi) is 2.47. The van der Waals surface area contributed by atoms with Crippen LogP contribution in [0.25, 0.3) is 5.69 Å². The van der Waals surface area contributed by atoms with Gasteiger partial charge in [-0.3, -0.25) is 4.57 Å². The molecule has 0 aliphatic rings. The molecule has 2 rings (SSSR count). The van der Waals surface area contributed by atoms with E-state index in [1.807, 2.05) is 0 Å². The highest BCUT2D eigenvalue weighted by molar-refractivity contribution is 7.71. The van der Waals surface area contributed by atoms with Crippen molar-refractivity contribution in [1.82, 2.24) is 14.8 Å². The van der Waals surface area contributed by atoms with Crippen molar-refractivity contribution >= 4 is 18.2 Å². The predicted molar refractivity (Wildman–Crippen MR) is 57.8 cm³/mol. The fourth-order valence-electron chi connectivity index (χ4n) is 1.35. The van der Waals surface area contributed by atoms with Crippen LogP contribution in [0.15, 0.2) is 12.1 Å². The molecule has 2 aromatic rings. The maximum atomic E-state index is 13.6. The monoisotopic (exact) mass is 242 g/mol. The van der Waals surface area contributed by atoms with E-state index in [0.717, 1.165) is 16.7 Å². The van der Waals surface area contributed by atoms with Crippen LogP contribution in [-0.2, 0) is 0 Å². The first-order chi connectivity index (χ1) is 7.50. The number of benzene rings is 1. The van der Waals surface area contributed by atoms with Gasteiger partial charge in [0.2, 0.25) is 10.7 Å². The highest BCUT2D eigenvalue weighted by atomic mass is 32.1. The molecule has 0 bridgehead atoms. The lowest BCUT2D eigenvalue weighted by Crippen LogP contribution is -2.04. The zero-order chi connectivity index (χ0) is 11.9. The zero-order valence-corrected chi connectivity index (χ0v) is 9.11. The van der Waals surface area contributed by atoms with Crippen LogP contribution in [0.5, 0.6) is 0 Å². The molecule has 0 amide bonds. The molecule has 7 heteroatoms. The van der Waals surface area contributed by atoms with Crippen molar-refractivity contribution in [1.29, 1.82) is 0 Å². The summed E-state index contributed by atoms with van der Waals surface area (Å²) in [5, 5.41) is 6.02. The molecule has 16 heavy (non-hydrogen) atoms. The molecule has 0 radical (unpaired) electrons. The number of nitrogens with zero attached hydrogens (tertiary/aromatic N) is 2. The third kappa shape index (κ3) is 1.58. The topological polar surface area (TPSA) is 59.6 Å². The van der Waals surface area contributed by atoms with Gasteiger partial charge in [-0.2, -0.15) is 0 Å². The Balaban J connectivity index is 2.74. The Hall–Kier alpha value is -1.76. The molecule has 0 atom stereocenters. The summed E-state index contributed by atoms with van der Waals surface area (Å²) in [5.41, 5.74) is 5.66. The Bertz CT molecular complexity index is 602. The van der Waals surface area contributed by atoms with Crippen LogP contribution in [0.2, 0.25) is 0 Å². The summed E-state index contributed by atoms with van der Waals surface area (Å²) in [6.07, 6.45) is 0. The molecule has 0 aliphatic carbocycles. The molecular weight excluding hydrogens is 234 g/mol. The Morgan fingerprint density at radius 1 is 1.38 bits per heavy atom. The van der Waals surface area contributed by atoms with Gasteiger partial charge in [-0.25, -0.2) is 13.9 Å². The summed E-state index contributed by atoms with van der Waals surface area (Å²) < 4.78 is 28.2. The molecule has 1 heterocycles. The molecule has 1 aromatic carbocycles. The van der Waals surface area contributed by atoms with E-state index in [9.17, 15) is 8.78 Å². The van der Waals surface area contributed by atoms with Crippen molar-refractivity contribution in [3.8, 4) is 5.69 Å². The molecule has 1 aromatic heterocycles. The van der Waals surface area contributed by atoms with Crippen molar-refractivity contribution in [2.24, 2.45) is 0 Å². The van der Waals surface area contributed by atoms with Gasteiger partial charge in [-0.1, -0.05) is 0 Å². The standard InChI is InChI=1S/C9H8F2N4S/c1-4-2-6(11)7(3-5(4)10)15-8(12)13-14-9(15)16/h2-3H,1H3,(H2,12,13)(H,14,16). The number of aromatic nitrogens is 3. The fraction of sp³-hybridized carbons (Fsp3) is 0.111. The lowest BCUT2D eigenvalue weighted by molar-refractivity contribution is 0.585. The second-order valence-electron chi connectivity index (χ2n) is 3.28. The van der Waals surface area contributed by atoms with Crippen LogP contribution in [0.3, 0.4) is 0 Å². The smallest absolute Gasteiger partial charge is 0.225 e. The number of halogens is 2. The first kappa shape index (κ1) is 10.7. The number of nitrogen functional groups attached to an aromatic ring is 1. The van der Waals surface area contributed by atoms with E-state index in [1.54, 1.807) is 0 Å². The quantitative estimate of drug-likeness (QED) is 0.753. The average molecular weight is 242 g/mol. The molecule has 0 saturated carbocycles. The lowest BCUT2D eigenvalue weighted by atomic mass is 10.2. The summed E-state index contributed by atoms with van der Waals surface area (Å²) in [5.74, 6) is -1.16. The van der Waals surface area contributed by atoms with Crippen molar-refractivity contribution in [3.63, 3.8) is 0 Å². The second-order valence-corrected chi connectivity index (χ2v) is 3.66. The highest BCUT2D eigenvalue weighted by Gasteiger charge is 2.12. The molecule has 0 saturated heterocycles. The van der Waals surface area contributed by atoms with E-state index < -0.39 is 11.6 Å². The van der Waals surface area contributed by atoms with E-state index in [4.69, 9.17) is 18.0 Å². The van der Waals surface area contributed by atoms with Gasteiger partial charge in [0.25, 0.3) is 0 Å². The molecular formula is C9H8F2N4S. The van der Waals surface area contributed by atoms with Gasteiger partial charge < -0.3 is 5.73 Å². The zero-order valence-electron chi connectivity index (χ0n) is 8.29. The van der Waals surface area contributed by atoms with E-state index >= 15 is 0 Å². The van der Waals surface area contributed by atoms with Crippen molar-refractivity contribution in [3.05, 3.63) is 34.1 Å². The van der Waals surface area contributed by atoms with E-state index in [1.165, 1.54) is 6.92 Å². The van der Waals surface area contributed by atoms with Crippen LogP contribution < -0.4 is 5.73 Å². The number of rotatable bonds is 1. The van der Waals surface area contributed by atoms with Gasteiger partial charge in [0.05, 0.1) is 5.69 Å². The minimum absolute atomic E-state index is 0.0212. The van der Waals surface area contributed by atoms with Crippen LogP contribution in [-0.4, -0.2) is 14.8 Å². The van der Waals surface area contributed by atoms with Gasteiger partial charge in [0.15, 0.2) is 0 Å². The van der Waals surface area contributed by atoms with Gasteiger partial charge in [0.1, 0.15) is 11.6 Å². The third-order valence-electron chi connectivity index (χ3n) is 2.17. The second kappa shape index (κ2) is 3.67. The average Bonchev–Trinajstić information content (AvgIpc) is 2.53.